The first-order valence-electron chi connectivity index (χ1n) is 24.8. The summed E-state index contributed by atoms with van der Waals surface area (Å²) in [4.78, 5) is 6.84. The zero-order chi connectivity index (χ0) is 49.7. The van der Waals surface area contributed by atoms with Crippen molar-refractivity contribution < 1.29 is 8.78 Å². The van der Waals surface area contributed by atoms with E-state index in [-0.39, 0.29) is 34.1 Å². The highest BCUT2D eigenvalue weighted by Crippen LogP contribution is 2.51. The summed E-state index contributed by atoms with van der Waals surface area (Å²) in [7, 11) is 0. The lowest BCUT2D eigenvalue weighted by atomic mass is 9.33. The molecule has 3 nitrogen and oxygen atoms in total. The van der Waals surface area contributed by atoms with Crippen molar-refractivity contribution in [3.05, 3.63) is 204 Å². The molecule has 352 valence electrons. The third-order valence-corrected chi connectivity index (χ3v) is 14.4. The molecular formula is C64H64BF2N3. The molecule has 0 radical (unpaired) electrons. The minimum atomic E-state index is -0.631. The Morgan fingerprint density at radius 2 is 0.800 bits per heavy atom. The highest BCUT2D eigenvalue weighted by Gasteiger charge is 2.46. The number of fused-ring (bicyclic) bond motifs is 4. The molecule has 8 aromatic carbocycles. The van der Waals surface area contributed by atoms with Gasteiger partial charge < -0.3 is 14.7 Å². The van der Waals surface area contributed by atoms with Gasteiger partial charge >= 0.3 is 0 Å². The van der Waals surface area contributed by atoms with Gasteiger partial charge in [-0.1, -0.05) is 180 Å². The van der Waals surface area contributed by atoms with E-state index in [9.17, 15) is 0 Å². The second-order valence-electron chi connectivity index (χ2n) is 23.5. The van der Waals surface area contributed by atoms with Crippen LogP contribution in [0.5, 0.6) is 0 Å². The molecule has 0 unspecified atom stereocenters. The summed E-state index contributed by atoms with van der Waals surface area (Å²) in [6.07, 6.45) is 0. The van der Waals surface area contributed by atoms with E-state index in [1.54, 1.807) is 6.07 Å². The molecule has 8 aromatic rings. The van der Waals surface area contributed by atoms with Crippen LogP contribution in [0.1, 0.15) is 105 Å². The van der Waals surface area contributed by atoms with Crippen LogP contribution in [0.15, 0.2) is 170 Å². The molecule has 0 aromatic heterocycles. The van der Waals surface area contributed by atoms with Gasteiger partial charge in [-0.2, -0.15) is 0 Å². The third-order valence-electron chi connectivity index (χ3n) is 14.4. The number of nitrogens with zero attached hydrogens (tertiary/aromatic N) is 3. The second kappa shape index (κ2) is 16.9. The van der Waals surface area contributed by atoms with Crippen LogP contribution in [0.25, 0.3) is 11.1 Å². The van der Waals surface area contributed by atoms with Gasteiger partial charge in [0.2, 0.25) is 0 Å². The maximum absolute atomic E-state index is 16.9. The first-order chi connectivity index (χ1) is 33.1. The zero-order valence-corrected chi connectivity index (χ0v) is 42.8. The van der Waals surface area contributed by atoms with Gasteiger partial charge in [-0.15, -0.1) is 0 Å². The quantitative estimate of drug-likeness (QED) is 0.154. The van der Waals surface area contributed by atoms with Gasteiger partial charge in [0.15, 0.2) is 0 Å². The van der Waals surface area contributed by atoms with Gasteiger partial charge in [0.05, 0.1) is 17.1 Å². The summed E-state index contributed by atoms with van der Waals surface area (Å²) in [5.74, 6) is -1.25. The molecule has 10 rings (SSSR count). The van der Waals surface area contributed by atoms with Crippen LogP contribution in [0.4, 0.5) is 60.0 Å². The van der Waals surface area contributed by atoms with Crippen molar-refractivity contribution in [3.63, 3.8) is 0 Å². The Bertz CT molecular complexity index is 3240. The van der Waals surface area contributed by atoms with Crippen LogP contribution >= 0.6 is 0 Å². The lowest BCUT2D eigenvalue weighted by Gasteiger charge is -2.46. The molecule has 0 saturated heterocycles. The highest BCUT2D eigenvalue weighted by atomic mass is 19.1. The molecule has 0 aliphatic carbocycles. The van der Waals surface area contributed by atoms with Crippen molar-refractivity contribution in [2.24, 2.45) is 0 Å². The number of halogens is 2. The number of hydrogen-bond acceptors (Lipinski definition) is 3. The van der Waals surface area contributed by atoms with Gasteiger partial charge in [0.1, 0.15) is 11.6 Å². The smallest absolute Gasteiger partial charge is 0.252 e. The summed E-state index contributed by atoms with van der Waals surface area (Å²) >= 11 is 0. The standard InChI is InChI=1S/C64H64BF2N3/c1-61(2,3)42-25-23-41(24-26-42)50-31-27-45(64(10,11)12)37-57(50)70-55-33-29-44(63(7,8)9)36-52(55)65-51-35-43(62(4,5)6)28-32-54(51)69(56-34-30-46(66)38-53(56)67)58-39-49(40-59(70)60(58)65)68(47-19-15-13-16-20-47)48-21-17-14-18-22-48/h13-40H,1-12H3. The molecule has 0 atom stereocenters. The minimum absolute atomic E-state index is 0.00899. The Balaban J connectivity index is 1.39. The van der Waals surface area contributed by atoms with Gasteiger partial charge in [-0.25, -0.2) is 8.78 Å². The summed E-state index contributed by atoms with van der Waals surface area (Å²) in [6.45, 7) is 26.9. The number of rotatable bonds is 6. The molecule has 0 spiro atoms. The highest BCUT2D eigenvalue weighted by molar-refractivity contribution is 7.00. The van der Waals surface area contributed by atoms with E-state index in [2.05, 4.69) is 237 Å². The van der Waals surface area contributed by atoms with Crippen LogP contribution in [0.3, 0.4) is 0 Å². The Labute approximate surface area is 415 Å². The third kappa shape index (κ3) is 8.29. The van der Waals surface area contributed by atoms with Gasteiger partial charge in [-0.3, -0.25) is 0 Å². The lowest BCUT2D eigenvalue weighted by molar-refractivity contribution is 0.584. The van der Waals surface area contributed by atoms with Crippen LogP contribution in [-0.2, 0) is 21.7 Å². The zero-order valence-electron chi connectivity index (χ0n) is 42.8. The summed E-state index contributed by atoms with van der Waals surface area (Å²) in [6, 6.07) is 59.3. The molecule has 0 bridgehead atoms. The van der Waals surface area contributed by atoms with Gasteiger partial charge in [-0.05, 0) is 133 Å². The Hall–Kier alpha value is -6.92. The molecule has 70 heavy (non-hydrogen) atoms. The second-order valence-corrected chi connectivity index (χ2v) is 23.5. The molecule has 0 amide bonds. The van der Waals surface area contributed by atoms with E-state index >= 15 is 8.78 Å². The van der Waals surface area contributed by atoms with E-state index in [4.69, 9.17) is 0 Å². The predicted octanol–water partition coefficient (Wildman–Crippen LogP) is 16.4. The van der Waals surface area contributed by atoms with Gasteiger partial charge in [0, 0.05) is 45.8 Å². The van der Waals surface area contributed by atoms with Crippen LogP contribution in [-0.4, -0.2) is 6.71 Å². The first-order valence-corrected chi connectivity index (χ1v) is 24.8. The van der Waals surface area contributed by atoms with Crippen molar-refractivity contribution in [1.82, 2.24) is 0 Å². The van der Waals surface area contributed by atoms with Crippen molar-refractivity contribution >= 4 is 74.3 Å². The minimum Gasteiger partial charge on any atom is -0.311 e. The molecule has 0 saturated carbocycles. The lowest BCUT2D eigenvalue weighted by Crippen LogP contribution is -2.61. The normalized spacial score (nSPS) is 13.5. The fraction of sp³-hybridized carbons (Fsp3) is 0.250. The maximum atomic E-state index is 16.9. The first kappa shape index (κ1) is 46.8. The molecule has 2 aliphatic rings. The van der Waals surface area contributed by atoms with Crippen LogP contribution in [0, 0.1) is 11.6 Å². The molecule has 0 fully saturated rings. The topological polar surface area (TPSA) is 9.72 Å². The average Bonchev–Trinajstić information content (AvgIpc) is 3.31. The number of hydrogen-bond donors (Lipinski definition) is 0. The number of benzene rings is 8. The van der Waals surface area contributed by atoms with Crippen LogP contribution in [0.2, 0.25) is 0 Å². The van der Waals surface area contributed by atoms with E-state index in [1.165, 1.54) is 33.8 Å². The SMILES string of the molecule is CC(C)(C)c1ccc(-c2ccc(C(C)(C)C)cc2N2c3ccc(C(C)(C)C)cc3B3c4cc(C(C)(C)C)ccc4N(c4ccc(F)cc4F)c4cc(N(c5ccccc5)c5ccccc5)cc2c43)cc1. The van der Waals surface area contributed by atoms with E-state index < -0.39 is 11.6 Å². The molecule has 6 heteroatoms. The summed E-state index contributed by atoms with van der Waals surface area (Å²) < 4.78 is 32.0. The van der Waals surface area contributed by atoms with E-state index in [0.29, 0.717) is 0 Å². The number of anilines is 9. The Morgan fingerprint density at radius 1 is 0.371 bits per heavy atom. The van der Waals surface area contributed by atoms with Crippen molar-refractivity contribution in [3.8, 4) is 11.1 Å². The Morgan fingerprint density at radius 3 is 1.27 bits per heavy atom. The molecular weight excluding hydrogens is 860 g/mol. The summed E-state index contributed by atoms with van der Waals surface area (Å²) in [5, 5.41) is 0. The van der Waals surface area contributed by atoms with Crippen LogP contribution < -0.4 is 31.1 Å². The largest absolute Gasteiger partial charge is 0.311 e. The van der Waals surface area contributed by atoms with Crippen molar-refractivity contribution in [1.29, 1.82) is 0 Å². The molecule has 0 N–H and O–H groups in total. The maximum Gasteiger partial charge on any atom is 0.252 e. The van der Waals surface area contributed by atoms with E-state index in [0.717, 1.165) is 73.6 Å². The molecule has 2 aliphatic heterocycles. The van der Waals surface area contributed by atoms with Crippen molar-refractivity contribution in [2.75, 3.05) is 14.7 Å². The van der Waals surface area contributed by atoms with Crippen molar-refractivity contribution in [2.45, 2.75) is 105 Å². The van der Waals surface area contributed by atoms with Gasteiger partial charge in [0.25, 0.3) is 6.71 Å². The number of para-hydroxylation sites is 2. The summed E-state index contributed by atoms with van der Waals surface area (Å²) in [5.41, 5.74) is 17.9. The predicted molar refractivity (Wildman–Crippen MR) is 295 cm³/mol. The average molecular weight is 924 g/mol. The Kier molecular flexibility index (Phi) is 11.3. The monoisotopic (exact) mass is 924 g/mol. The fourth-order valence-corrected chi connectivity index (χ4v) is 10.4. The van der Waals surface area contributed by atoms with E-state index in [1.807, 2.05) is 12.1 Å². The fourth-order valence-electron chi connectivity index (χ4n) is 10.4. The molecule has 2 heterocycles.